The number of esters is 2. The number of pyridine rings is 1. The largest absolute Gasteiger partial charge is 0.460 e. The van der Waals surface area contributed by atoms with E-state index in [9.17, 15) is 19.7 Å². The predicted molar refractivity (Wildman–Crippen MR) is 133 cm³/mol. The third-order valence-corrected chi connectivity index (χ3v) is 5.31. The number of allylic oxidation sites excluding steroid dienone is 1. The van der Waals surface area contributed by atoms with Gasteiger partial charge >= 0.3 is 11.9 Å². The number of hydrogen-bond acceptors (Lipinski definition) is 8. The first kappa shape index (κ1) is 26.2. The minimum absolute atomic E-state index is 0.00555. The Morgan fingerprint density at radius 1 is 0.972 bits per heavy atom. The molecule has 0 bridgehead atoms. The molecule has 1 aromatic heterocycles. The van der Waals surface area contributed by atoms with Crippen LogP contribution in [-0.2, 0) is 20.6 Å². The maximum atomic E-state index is 13.4. The molecule has 2 aromatic carbocycles. The summed E-state index contributed by atoms with van der Waals surface area (Å²) in [6, 6.07) is 15.0. The second kappa shape index (κ2) is 11.9. The van der Waals surface area contributed by atoms with Gasteiger partial charge in [-0.1, -0.05) is 49.0 Å². The van der Waals surface area contributed by atoms with Crippen LogP contribution in [0, 0.1) is 24.0 Å². The topological polar surface area (TPSA) is 118 Å². The lowest BCUT2D eigenvalue weighted by Crippen LogP contribution is -2.18. The van der Waals surface area contributed by atoms with Crippen LogP contribution in [0.3, 0.4) is 0 Å². The van der Waals surface area contributed by atoms with Crippen molar-refractivity contribution in [2.24, 2.45) is 0 Å². The molecule has 0 saturated heterocycles. The standard InChI is InChI=1S/C27H26N2O7/c1-17(15-20-9-6-5-7-10-20)36-27(31)24-19(3)28-18(2)23(26(30)35-14-13-34-4)25(24)21-11-8-12-22(16-21)29(32)33/h5-12,16H,1,13-15H2,2-4H3. The number of nitrogens with zero attached hydrogens (tertiary/aromatic N) is 2. The molecule has 0 fully saturated rings. The fraction of sp³-hybridized carbons (Fsp3) is 0.222. The quantitative estimate of drug-likeness (QED) is 0.128. The minimum atomic E-state index is -0.784. The summed E-state index contributed by atoms with van der Waals surface area (Å²) < 4.78 is 15.8. The van der Waals surface area contributed by atoms with Crippen molar-refractivity contribution < 1.29 is 28.7 Å². The maximum absolute atomic E-state index is 13.4. The molecule has 0 unspecified atom stereocenters. The van der Waals surface area contributed by atoms with Crippen LogP contribution >= 0.6 is 0 Å². The van der Waals surface area contributed by atoms with Crippen LogP contribution in [0.5, 0.6) is 0 Å². The van der Waals surface area contributed by atoms with E-state index in [-0.39, 0.29) is 46.9 Å². The number of carbonyl (C=O) groups excluding carboxylic acids is 2. The third-order valence-electron chi connectivity index (χ3n) is 5.31. The summed E-state index contributed by atoms with van der Waals surface area (Å²) in [6.45, 7) is 7.20. The summed E-state index contributed by atoms with van der Waals surface area (Å²) in [5.74, 6) is -1.33. The molecule has 0 aliphatic heterocycles. The Balaban J connectivity index is 2.11. The van der Waals surface area contributed by atoms with Crippen molar-refractivity contribution in [3.63, 3.8) is 0 Å². The van der Waals surface area contributed by atoms with Crippen LogP contribution in [0.1, 0.15) is 37.7 Å². The molecule has 9 heteroatoms. The molecule has 0 atom stereocenters. The average Bonchev–Trinajstić information content (AvgIpc) is 2.84. The van der Waals surface area contributed by atoms with Crippen LogP contribution in [0.15, 0.2) is 66.9 Å². The molecule has 186 valence electrons. The van der Waals surface area contributed by atoms with Crippen molar-refractivity contribution in [2.75, 3.05) is 20.3 Å². The molecular formula is C27H26N2O7. The number of ether oxygens (including phenoxy) is 3. The number of non-ortho nitro benzene ring substituents is 1. The number of nitro groups is 1. The van der Waals surface area contributed by atoms with Crippen molar-refractivity contribution in [3.05, 3.63) is 105 Å². The van der Waals surface area contributed by atoms with Gasteiger partial charge < -0.3 is 14.2 Å². The van der Waals surface area contributed by atoms with Crippen LogP contribution in [0.4, 0.5) is 5.69 Å². The Kier molecular flexibility index (Phi) is 8.64. The number of methoxy groups -OCH3 is 1. The molecule has 0 radical (unpaired) electrons. The number of carbonyl (C=O) groups is 2. The second-order valence-corrected chi connectivity index (χ2v) is 7.93. The van der Waals surface area contributed by atoms with Gasteiger partial charge in [-0.05, 0) is 25.0 Å². The van der Waals surface area contributed by atoms with Gasteiger partial charge in [-0.25, -0.2) is 9.59 Å². The Labute approximate surface area is 208 Å². The third kappa shape index (κ3) is 6.19. The monoisotopic (exact) mass is 490 g/mol. The van der Waals surface area contributed by atoms with Gasteiger partial charge in [0.2, 0.25) is 0 Å². The second-order valence-electron chi connectivity index (χ2n) is 7.93. The highest BCUT2D eigenvalue weighted by Crippen LogP contribution is 2.34. The van der Waals surface area contributed by atoms with E-state index in [1.165, 1.54) is 25.3 Å². The van der Waals surface area contributed by atoms with Gasteiger partial charge in [0, 0.05) is 31.2 Å². The van der Waals surface area contributed by atoms with Gasteiger partial charge in [0.15, 0.2) is 0 Å². The number of aryl methyl sites for hydroxylation is 2. The van der Waals surface area contributed by atoms with E-state index < -0.39 is 16.9 Å². The van der Waals surface area contributed by atoms with Gasteiger partial charge in [-0.3, -0.25) is 15.1 Å². The lowest BCUT2D eigenvalue weighted by molar-refractivity contribution is -0.384. The number of hydrogen-bond donors (Lipinski definition) is 0. The van der Waals surface area contributed by atoms with E-state index in [4.69, 9.17) is 14.2 Å². The van der Waals surface area contributed by atoms with Gasteiger partial charge in [-0.15, -0.1) is 0 Å². The first-order valence-corrected chi connectivity index (χ1v) is 11.1. The fourth-order valence-corrected chi connectivity index (χ4v) is 3.74. The summed E-state index contributed by atoms with van der Waals surface area (Å²) in [5.41, 5.74) is 1.71. The smallest absolute Gasteiger partial charge is 0.345 e. The van der Waals surface area contributed by atoms with Crippen LogP contribution < -0.4 is 0 Å². The van der Waals surface area contributed by atoms with Gasteiger partial charge in [0.05, 0.1) is 34.0 Å². The number of rotatable bonds is 10. The number of nitro benzene ring substituents is 1. The first-order valence-electron chi connectivity index (χ1n) is 11.1. The minimum Gasteiger partial charge on any atom is -0.460 e. The number of aromatic nitrogens is 1. The fourth-order valence-electron chi connectivity index (χ4n) is 3.74. The zero-order chi connectivity index (χ0) is 26.2. The lowest BCUT2D eigenvalue weighted by Gasteiger charge is -2.18. The highest BCUT2D eigenvalue weighted by atomic mass is 16.6. The molecule has 0 aliphatic rings. The molecule has 0 spiro atoms. The van der Waals surface area contributed by atoms with Crippen LogP contribution in [0.2, 0.25) is 0 Å². The normalized spacial score (nSPS) is 10.5. The van der Waals surface area contributed by atoms with Crippen LogP contribution in [0.25, 0.3) is 11.1 Å². The Hall–Kier alpha value is -4.37. The van der Waals surface area contributed by atoms with E-state index in [0.717, 1.165) is 5.56 Å². The molecule has 3 aromatic rings. The van der Waals surface area contributed by atoms with E-state index in [1.807, 2.05) is 30.3 Å². The summed E-state index contributed by atoms with van der Waals surface area (Å²) in [5, 5.41) is 11.4. The Morgan fingerprint density at radius 2 is 1.64 bits per heavy atom. The SMILES string of the molecule is C=C(Cc1ccccc1)OC(=O)c1c(C)nc(C)c(C(=O)OCCOC)c1-c1cccc([N+](=O)[O-])c1. The van der Waals surface area contributed by atoms with Gasteiger partial charge in [0.1, 0.15) is 12.4 Å². The van der Waals surface area contributed by atoms with Gasteiger partial charge in [-0.2, -0.15) is 0 Å². The zero-order valence-corrected chi connectivity index (χ0v) is 20.3. The molecule has 9 nitrogen and oxygen atoms in total. The van der Waals surface area contributed by atoms with Crippen molar-refractivity contribution in [3.8, 4) is 11.1 Å². The predicted octanol–water partition coefficient (Wildman–Crippen LogP) is 4.99. The van der Waals surface area contributed by atoms with Crippen molar-refractivity contribution in [1.29, 1.82) is 0 Å². The van der Waals surface area contributed by atoms with Crippen molar-refractivity contribution in [2.45, 2.75) is 20.3 Å². The molecule has 36 heavy (non-hydrogen) atoms. The molecule has 0 amide bonds. The Morgan fingerprint density at radius 3 is 2.28 bits per heavy atom. The van der Waals surface area contributed by atoms with Crippen LogP contribution in [-0.4, -0.2) is 42.2 Å². The summed E-state index contributed by atoms with van der Waals surface area (Å²) in [7, 11) is 1.47. The maximum Gasteiger partial charge on any atom is 0.345 e. The van der Waals surface area contributed by atoms with Gasteiger partial charge in [0.25, 0.3) is 5.69 Å². The highest BCUT2D eigenvalue weighted by Gasteiger charge is 2.29. The van der Waals surface area contributed by atoms with E-state index >= 15 is 0 Å². The highest BCUT2D eigenvalue weighted by molar-refractivity contribution is 6.07. The number of benzene rings is 2. The summed E-state index contributed by atoms with van der Waals surface area (Å²) in [4.78, 5) is 41.7. The van der Waals surface area contributed by atoms with Crippen molar-refractivity contribution in [1.82, 2.24) is 4.98 Å². The summed E-state index contributed by atoms with van der Waals surface area (Å²) in [6.07, 6.45) is 0.295. The van der Waals surface area contributed by atoms with E-state index in [2.05, 4.69) is 11.6 Å². The molecule has 0 saturated carbocycles. The molecular weight excluding hydrogens is 464 g/mol. The first-order chi connectivity index (χ1) is 17.2. The Bertz CT molecular complexity index is 1300. The molecule has 0 aliphatic carbocycles. The summed E-state index contributed by atoms with van der Waals surface area (Å²) >= 11 is 0. The lowest BCUT2D eigenvalue weighted by atomic mass is 9.92. The molecule has 3 rings (SSSR count). The molecule has 1 heterocycles. The van der Waals surface area contributed by atoms with E-state index in [0.29, 0.717) is 17.8 Å². The van der Waals surface area contributed by atoms with E-state index in [1.54, 1.807) is 19.9 Å². The molecule has 0 N–H and O–H groups in total. The average molecular weight is 491 g/mol. The zero-order valence-electron chi connectivity index (χ0n) is 20.3. The van der Waals surface area contributed by atoms with Crippen molar-refractivity contribution >= 4 is 17.6 Å².